The number of rotatable bonds is 4. The first-order valence-electron chi connectivity index (χ1n) is 8.52. The summed E-state index contributed by atoms with van der Waals surface area (Å²) >= 11 is 0. The van der Waals surface area contributed by atoms with E-state index < -0.39 is 0 Å². The number of morpholine rings is 1. The highest BCUT2D eigenvalue weighted by molar-refractivity contribution is 5.91. The highest BCUT2D eigenvalue weighted by Crippen LogP contribution is 2.29. The van der Waals surface area contributed by atoms with Crippen LogP contribution in [0.15, 0.2) is 36.5 Å². The molecule has 1 N–H and O–H groups in total. The zero-order valence-corrected chi connectivity index (χ0v) is 14.2. The average Bonchev–Trinajstić information content (AvgIpc) is 3.05. The lowest BCUT2D eigenvalue weighted by Gasteiger charge is -2.33. The largest absolute Gasteiger partial charge is 0.394 e. The summed E-state index contributed by atoms with van der Waals surface area (Å²) in [6, 6.07) is 10.3. The molecule has 0 unspecified atom stereocenters. The maximum Gasteiger partial charge on any atom is 0.228 e. The molecule has 1 saturated heterocycles. The first kappa shape index (κ1) is 16.0. The lowest BCUT2D eigenvalue weighted by atomic mass is 10.1. The Morgan fingerprint density at radius 3 is 2.84 bits per heavy atom. The first-order chi connectivity index (χ1) is 12.3. The minimum absolute atomic E-state index is 0.0186. The van der Waals surface area contributed by atoms with Crippen molar-refractivity contribution in [2.45, 2.75) is 19.5 Å². The van der Waals surface area contributed by atoms with Crippen LogP contribution < -0.4 is 4.90 Å². The molecule has 0 saturated carbocycles. The molecular formula is C18H21N5O2. The highest BCUT2D eigenvalue weighted by Gasteiger charge is 2.24. The molecule has 1 fully saturated rings. The molecule has 0 aliphatic carbocycles. The van der Waals surface area contributed by atoms with Crippen LogP contribution in [0.5, 0.6) is 0 Å². The molecule has 25 heavy (non-hydrogen) atoms. The molecule has 3 aromatic rings. The van der Waals surface area contributed by atoms with Gasteiger partial charge in [0.2, 0.25) is 5.95 Å². The van der Waals surface area contributed by atoms with E-state index in [0.29, 0.717) is 25.7 Å². The van der Waals surface area contributed by atoms with E-state index in [2.05, 4.69) is 16.9 Å². The number of ether oxygens (including phenoxy) is 1. The Hall–Kier alpha value is -2.51. The van der Waals surface area contributed by atoms with Gasteiger partial charge in [0.1, 0.15) is 0 Å². The molecule has 1 aliphatic rings. The lowest BCUT2D eigenvalue weighted by molar-refractivity contribution is 0.0981. The molecule has 7 heteroatoms. The number of nitrogens with zero attached hydrogens (tertiary/aromatic N) is 5. The van der Waals surface area contributed by atoms with Gasteiger partial charge in [-0.05, 0) is 6.92 Å². The van der Waals surface area contributed by atoms with Gasteiger partial charge in [-0.15, -0.1) is 0 Å². The van der Waals surface area contributed by atoms with Crippen LogP contribution in [0.2, 0.25) is 0 Å². The van der Waals surface area contributed by atoms with Gasteiger partial charge in [-0.2, -0.15) is 10.1 Å². The normalized spacial score (nSPS) is 18.0. The Morgan fingerprint density at radius 1 is 1.24 bits per heavy atom. The third-order valence-corrected chi connectivity index (χ3v) is 4.47. The Bertz CT molecular complexity index is 865. The fourth-order valence-electron chi connectivity index (χ4n) is 3.17. The third-order valence-electron chi connectivity index (χ3n) is 4.47. The molecule has 0 amide bonds. The van der Waals surface area contributed by atoms with Gasteiger partial charge < -0.3 is 14.7 Å². The smallest absolute Gasteiger partial charge is 0.228 e. The second-order valence-electron chi connectivity index (χ2n) is 6.18. The second kappa shape index (κ2) is 6.78. The Balaban J connectivity index is 1.90. The van der Waals surface area contributed by atoms with Crippen LogP contribution in [0.3, 0.4) is 0 Å². The first-order valence-corrected chi connectivity index (χ1v) is 8.52. The summed E-state index contributed by atoms with van der Waals surface area (Å²) in [5, 5.41) is 14.6. The van der Waals surface area contributed by atoms with Gasteiger partial charge in [0.15, 0.2) is 5.65 Å². The number of aliphatic hydroxyl groups is 1. The zero-order chi connectivity index (χ0) is 17.2. The SMILES string of the molecule is C[C@H]1COCCN1c1nc(-c2ccccc2)c2cnn(CCO)c2n1. The van der Waals surface area contributed by atoms with Crippen LogP contribution in [-0.4, -0.2) is 57.3 Å². The minimum Gasteiger partial charge on any atom is -0.394 e. The molecule has 130 valence electrons. The van der Waals surface area contributed by atoms with E-state index in [1.54, 1.807) is 10.9 Å². The summed E-state index contributed by atoms with van der Waals surface area (Å²) < 4.78 is 7.27. The number of benzene rings is 1. The van der Waals surface area contributed by atoms with Crippen molar-refractivity contribution in [2.75, 3.05) is 31.3 Å². The molecule has 0 radical (unpaired) electrons. The van der Waals surface area contributed by atoms with E-state index in [1.165, 1.54) is 0 Å². The van der Waals surface area contributed by atoms with Gasteiger partial charge in [0.05, 0.1) is 49.7 Å². The summed E-state index contributed by atoms with van der Waals surface area (Å²) in [5.41, 5.74) is 2.64. The lowest BCUT2D eigenvalue weighted by Crippen LogP contribution is -2.44. The fraction of sp³-hybridized carbons (Fsp3) is 0.389. The van der Waals surface area contributed by atoms with Crippen molar-refractivity contribution >= 4 is 17.0 Å². The number of hydrogen-bond donors (Lipinski definition) is 1. The number of aromatic nitrogens is 4. The van der Waals surface area contributed by atoms with Crippen LogP contribution in [0, 0.1) is 0 Å². The number of fused-ring (bicyclic) bond motifs is 1. The van der Waals surface area contributed by atoms with Crippen LogP contribution in [0.1, 0.15) is 6.92 Å². The topological polar surface area (TPSA) is 76.3 Å². The fourth-order valence-corrected chi connectivity index (χ4v) is 3.17. The molecular weight excluding hydrogens is 318 g/mol. The molecule has 1 aliphatic heterocycles. The molecule has 1 aromatic carbocycles. The summed E-state index contributed by atoms with van der Waals surface area (Å²) in [6.07, 6.45) is 1.78. The van der Waals surface area contributed by atoms with Gasteiger partial charge in [0, 0.05) is 12.1 Å². The van der Waals surface area contributed by atoms with E-state index in [4.69, 9.17) is 14.7 Å². The van der Waals surface area contributed by atoms with Crippen molar-refractivity contribution in [3.05, 3.63) is 36.5 Å². The maximum atomic E-state index is 9.31. The van der Waals surface area contributed by atoms with Gasteiger partial charge in [-0.1, -0.05) is 30.3 Å². The van der Waals surface area contributed by atoms with E-state index >= 15 is 0 Å². The molecule has 0 spiro atoms. The Morgan fingerprint density at radius 2 is 2.08 bits per heavy atom. The molecule has 0 bridgehead atoms. The average molecular weight is 339 g/mol. The predicted octanol–water partition coefficient (Wildman–Crippen LogP) is 1.71. The van der Waals surface area contributed by atoms with Crippen LogP contribution in [-0.2, 0) is 11.3 Å². The second-order valence-corrected chi connectivity index (χ2v) is 6.18. The van der Waals surface area contributed by atoms with Crippen molar-refractivity contribution in [1.29, 1.82) is 0 Å². The number of hydrogen-bond acceptors (Lipinski definition) is 6. The molecule has 4 rings (SSSR count). The van der Waals surface area contributed by atoms with Gasteiger partial charge >= 0.3 is 0 Å². The van der Waals surface area contributed by atoms with E-state index in [9.17, 15) is 5.11 Å². The van der Waals surface area contributed by atoms with Gasteiger partial charge in [-0.3, -0.25) is 0 Å². The van der Waals surface area contributed by atoms with Crippen LogP contribution in [0.25, 0.3) is 22.3 Å². The summed E-state index contributed by atoms with van der Waals surface area (Å²) in [5.74, 6) is 0.682. The summed E-state index contributed by atoms with van der Waals surface area (Å²) in [7, 11) is 0. The Labute approximate surface area is 145 Å². The highest BCUT2D eigenvalue weighted by atomic mass is 16.5. The van der Waals surface area contributed by atoms with Crippen LogP contribution in [0.4, 0.5) is 5.95 Å². The van der Waals surface area contributed by atoms with Crippen LogP contribution >= 0.6 is 0 Å². The molecule has 3 heterocycles. The number of anilines is 1. The third kappa shape index (κ3) is 2.96. The van der Waals surface area contributed by atoms with Crippen molar-refractivity contribution < 1.29 is 9.84 Å². The zero-order valence-electron chi connectivity index (χ0n) is 14.2. The quantitative estimate of drug-likeness (QED) is 0.780. The standard InChI is InChI=1S/C18H21N5O2/c1-13-12-25-10-8-22(13)18-20-16(14-5-3-2-4-6-14)15-11-19-23(7-9-24)17(15)21-18/h2-6,11,13,24H,7-10,12H2,1H3/t13-/m0/s1. The predicted molar refractivity (Wildman–Crippen MR) is 95.5 cm³/mol. The minimum atomic E-state index is 0.0186. The van der Waals surface area contributed by atoms with Crippen molar-refractivity contribution in [1.82, 2.24) is 19.7 Å². The van der Waals surface area contributed by atoms with E-state index in [1.807, 2.05) is 30.3 Å². The molecule has 1 atom stereocenters. The summed E-state index contributed by atoms with van der Waals surface area (Å²) in [4.78, 5) is 11.8. The van der Waals surface area contributed by atoms with E-state index in [-0.39, 0.29) is 12.6 Å². The monoisotopic (exact) mass is 339 g/mol. The van der Waals surface area contributed by atoms with Crippen molar-refractivity contribution in [3.8, 4) is 11.3 Å². The van der Waals surface area contributed by atoms with Crippen molar-refractivity contribution in [3.63, 3.8) is 0 Å². The number of aliphatic hydroxyl groups excluding tert-OH is 1. The molecule has 2 aromatic heterocycles. The van der Waals surface area contributed by atoms with Gasteiger partial charge in [0.25, 0.3) is 0 Å². The summed E-state index contributed by atoms with van der Waals surface area (Å²) in [6.45, 7) is 4.63. The Kier molecular flexibility index (Phi) is 4.33. The van der Waals surface area contributed by atoms with Crippen molar-refractivity contribution in [2.24, 2.45) is 0 Å². The molecule has 7 nitrogen and oxygen atoms in total. The van der Waals surface area contributed by atoms with Gasteiger partial charge in [-0.25, -0.2) is 9.67 Å². The maximum absolute atomic E-state index is 9.31. The van der Waals surface area contributed by atoms with E-state index in [0.717, 1.165) is 28.8 Å².